The maximum Gasteiger partial charge on any atom is -0.00853 e. The fourth-order valence-corrected chi connectivity index (χ4v) is 8.63. The SMILES string of the molecule is CCC(/C=C/C(C)C1CCC2C3CC=C4CCCCC4(C)C3CCC12C)CC. The van der Waals surface area contributed by atoms with Crippen molar-refractivity contribution in [2.24, 2.45) is 46.3 Å². The predicted octanol–water partition coefficient (Wildman–Crippen LogP) is 8.58. The first-order valence-electron chi connectivity index (χ1n) is 12.8. The van der Waals surface area contributed by atoms with Crippen molar-refractivity contribution in [1.82, 2.24) is 0 Å². The Kier molecular flexibility index (Phi) is 5.89. The summed E-state index contributed by atoms with van der Waals surface area (Å²) in [5, 5.41) is 0. The monoisotopic (exact) mass is 382 g/mol. The average molecular weight is 383 g/mol. The van der Waals surface area contributed by atoms with Crippen molar-refractivity contribution in [3.63, 3.8) is 0 Å². The molecule has 0 bridgehead atoms. The summed E-state index contributed by atoms with van der Waals surface area (Å²) < 4.78 is 0. The minimum Gasteiger partial charge on any atom is -0.0852 e. The van der Waals surface area contributed by atoms with E-state index in [1.807, 2.05) is 5.57 Å². The van der Waals surface area contributed by atoms with E-state index in [1.54, 1.807) is 0 Å². The lowest BCUT2D eigenvalue weighted by Crippen LogP contribution is -2.49. The molecule has 0 radical (unpaired) electrons. The standard InChI is InChI=1S/C28H46/c1-6-21(7-2)12-11-20(3)24-15-16-25-23-14-13-22-10-8-9-18-27(22,4)26(23)17-19-28(24,25)5/h11-13,20-21,23-26H,6-10,14-19H2,1-5H3/b12-11+. The fourth-order valence-electron chi connectivity index (χ4n) is 8.63. The van der Waals surface area contributed by atoms with Crippen molar-refractivity contribution < 1.29 is 0 Å². The van der Waals surface area contributed by atoms with Gasteiger partial charge in [0.2, 0.25) is 0 Å². The molecule has 3 saturated carbocycles. The zero-order valence-corrected chi connectivity index (χ0v) is 19.5. The number of rotatable bonds is 5. The predicted molar refractivity (Wildman–Crippen MR) is 122 cm³/mol. The lowest BCUT2D eigenvalue weighted by Gasteiger charge is -2.58. The van der Waals surface area contributed by atoms with Crippen LogP contribution in [0.1, 0.15) is 105 Å². The van der Waals surface area contributed by atoms with Gasteiger partial charge in [0, 0.05) is 0 Å². The van der Waals surface area contributed by atoms with E-state index in [2.05, 4.69) is 52.8 Å². The van der Waals surface area contributed by atoms with E-state index in [4.69, 9.17) is 0 Å². The third-order valence-corrected chi connectivity index (χ3v) is 10.5. The molecule has 0 aliphatic heterocycles. The molecule has 3 fully saturated rings. The van der Waals surface area contributed by atoms with Crippen LogP contribution in [0, 0.1) is 46.3 Å². The van der Waals surface area contributed by atoms with E-state index in [9.17, 15) is 0 Å². The molecule has 0 aromatic carbocycles. The van der Waals surface area contributed by atoms with Crippen molar-refractivity contribution in [3.05, 3.63) is 23.8 Å². The van der Waals surface area contributed by atoms with Crippen molar-refractivity contribution >= 4 is 0 Å². The molecule has 28 heavy (non-hydrogen) atoms. The van der Waals surface area contributed by atoms with Crippen LogP contribution in [0.4, 0.5) is 0 Å². The molecule has 0 aromatic rings. The zero-order chi connectivity index (χ0) is 19.9. The third kappa shape index (κ3) is 3.26. The van der Waals surface area contributed by atoms with Crippen LogP contribution >= 0.6 is 0 Å². The third-order valence-electron chi connectivity index (χ3n) is 10.5. The largest absolute Gasteiger partial charge is 0.0852 e. The molecule has 0 spiro atoms. The van der Waals surface area contributed by atoms with Crippen LogP contribution in [0.2, 0.25) is 0 Å². The highest BCUT2D eigenvalue weighted by molar-refractivity contribution is 5.24. The molecule has 0 nitrogen and oxygen atoms in total. The van der Waals surface area contributed by atoms with Gasteiger partial charge in [0.15, 0.2) is 0 Å². The van der Waals surface area contributed by atoms with Gasteiger partial charge in [0.25, 0.3) is 0 Å². The smallest absolute Gasteiger partial charge is 0.00853 e. The highest BCUT2D eigenvalue weighted by atomic mass is 14.6. The fraction of sp³-hybridized carbons (Fsp3) is 0.857. The van der Waals surface area contributed by atoms with Gasteiger partial charge in [-0.1, -0.05) is 64.8 Å². The minimum absolute atomic E-state index is 0.557. The maximum absolute atomic E-state index is 2.73. The lowest BCUT2D eigenvalue weighted by atomic mass is 9.47. The van der Waals surface area contributed by atoms with Crippen LogP contribution in [0.15, 0.2) is 23.8 Å². The highest BCUT2D eigenvalue weighted by Gasteiger charge is 2.58. The topological polar surface area (TPSA) is 0 Å². The average Bonchev–Trinajstić information content (AvgIpc) is 3.05. The van der Waals surface area contributed by atoms with Gasteiger partial charge in [-0.15, -0.1) is 0 Å². The second-order valence-corrected chi connectivity index (χ2v) is 11.5. The van der Waals surface area contributed by atoms with E-state index < -0.39 is 0 Å². The molecule has 0 heteroatoms. The van der Waals surface area contributed by atoms with Crippen LogP contribution in [0.25, 0.3) is 0 Å². The summed E-state index contributed by atoms with van der Waals surface area (Å²) >= 11 is 0. The van der Waals surface area contributed by atoms with Crippen molar-refractivity contribution in [1.29, 1.82) is 0 Å². The molecule has 7 atom stereocenters. The van der Waals surface area contributed by atoms with E-state index >= 15 is 0 Å². The minimum atomic E-state index is 0.557. The van der Waals surface area contributed by atoms with Crippen LogP contribution in [-0.2, 0) is 0 Å². The lowest BCUT2D eigenvalue weighted by molar-refractivity contribution is -0.0462. The summed E-state index contributed by atoms with van der Waals surface area (Å²) in [6.07, 6.45) is 23.7. The molecule has 4 aliphatic rings. The molecule has 0 saturated heterocycles. The molecule has 0 N–H and O–H groups in total. The van der Waals surface area contributed by atoms with E-state index in [0.29, 0.717) is 10.8 Å². The number of hydrogen-bond donors (Lipinski definition) is 0. The Morgan fingerprint density at radius 1 is 1.00 bits per heavy atom. The summed E-state index contributed by atoms with van der Waals surface area (Å²) in [7, 11) is 0. The molecule has 0 aromatic heterocycles. The Morgan fingerprint density at radius 3 is 2.54 bits per heavy atom. The first kappa shape index (κ1) is 20.7. The Hall–Kier alpha value is -0.520. The summed E-state index contributed by atoms with van der Waals surface area (Å²) in [5.41, 5.74) is 3.01. The Labute approximate surface area is 175 Å². The maximum atomic E-state index is 2.73. The van der Waals surface area contributed by atoms with Gasteiger partial charge >= 0.3 is 0 Å². The molecular weight excluding hydrogens is 336 g/mol. The molecular formula is C28H46. The molecule has 7 unspecified atom stereocenters. The Balaban J connectivity index is 1.53. The van der Waals surface area contributed by atoms with Crippen LogP contribution in [0.3, 0.4) is 0 Å². The van der Waals surface area contributed by atoms with E-state index in [1.165, 1.54) is 70.6 Å². The van der Waals surface area contributed by atoms with Gasteiger partial charge in [-0.3, -0.25) is 0 Å². The molecule has 0 heterocycles. The van der Waals surface area contributed by atoms with Gasteiger partial charge in [-0.2, -0.15) is 0 Å². The second-order valence-electron chi connectivity index (χ2n) is 11.5. The van der Waals surface area contributed by atoms with Gasteiger partial charge in [0.1, 0.15) is 0 Å². The summed E-state index contributed by atoms with van der Waals surface area (Å²) in [5.74, 6) is 5.40. The summed E-state index contributed by atoms with van der Waals surface area (Å²) in [6, 6.07) is 0. The number of allylic oxidation sites excluding steroid dienone is 4. The van der Waals surface area contributed by atoms with Crippen molar-refractivity contribution in [2.75, 3.05) is 0 Å². The van der Waals surface area contributed by atoms with Gasteiger partial charge < -0.3 is 0 Å². The molecule has 4 aliphatic carbocycles. The first-order chi connectivity index (χ1) is 13.4. The highest BCUT2D eigenvalue weighted by Crippen LogP contribution is 2.67. The zero-order valence-electron chi connectivity index (χ0n) is 19.5. The van der Waals surface area contributed by atoms with E-state index in [-0.39, 0.29) is 0 Å². The normalized spacial score (nSPS) is 44.1. The van der Waals surface area contributed by atoms with Gasteiger partial charge in [-0.25, -0.2) is 0 Å². The van der Waals surface area contributed by atoms with Crippen molar-refractivity contribution in [2.45, 2.75) is 105 Å². The Bertz CT molecular complexity index is 608. The van der Waals surface area contributed by atoms with Crippen LogP contribution in [-0.4, -0.2) is 0 Å². The molecule has 0 amide bonds. The van der Waals surface area contributed by atoms with Crippen molar-refractivity contribution in [3.8, 4) is 0 Å². The number of hydrogen-bond acceptors (Lipinski definition) is 0. The summed E-state index contributed by atoms with van der Waals surface area (Å²) in [6.45, 7) is 12.6. The molecule has 4 rings (SSSR count). The second kappa shape index (κ2) is 7.96. The number of fused-ring (bicyclic) bond motifs is 5. The quantitative estimate of drug-likeness (QED) is 0.418. The van der Waals surface area contributed by atoms with Gasteiger partial charge in [-0.05, 0) is 111 Å². The van der Waals surface area contributed by atoms with Gasteiger partial charge in [0.05, 0.1) is 0 Å². The Morgan fingerprint density at radius 2 is 1.79 bits per heavy atom. The van der Waals surface area contributed by atoms with E-state index in [0.717, 1.165) is 35.5 Å². The van der Waals surface area contributed by atoms with Crippen LogP contribution < -0.4 is 0 Å². The van der Waals surface area contributed by atoms with Crippen LogP contribution in [0.5, 0.6) is 0 Å². The molecule has 158 valence electrons. The summed E-state index contributed by atoms with van der Waals surface area (Å²) in [4.78, 5) is 0. The first-order valence-corrected chi connectivity index (χ1v) is 12.8.